The maximum atomic E-state index is 12.2. The summed E-state index contributed by atoms with van der Waals surface area (Å²) in [4.78, 5) is 24.1. The molecule has 27 heavy (non-hydrogen) atoms. The number of carbonyl (C=O) groups excluding carboxylic acids is 2. The molecule has 0 saturated carbocycles. The largest absolute Gasteiger partial charge is 0.497 e. The number of benzene rings is 2. The Morgan fingerprint density at radius 3 is 2.52 bits per heavy atom. The highest BCUT2D eigenvalue weighted by molar-refractivity contribution is 6.02. The molecule has 0 fully saturated rings. The van der Waals surface area contributed by atoms with E-state index in [2.05, 4.69) is 5.10 Å². The standard InChI is InChI=1S/C21H22N2O4/c1-26-18-10-7-16(8-11-18)9-12-21(25)27-15-20(24)23-14-13-19(22-23)17-5-3-2-4-6-17/h2-8,10-11H,9,12-15H2,1H3. The number of hydrogen-bond acceptors (Lipinski definition) is 5. The quantitative estimate of drug-likeness (QED) is 0.707. The first kappa shape index (κ1) is 18.6. The zero-order chi connectivity index (χ0) is 19.1. The van der Waals surface area contributed by atoms with Gasteiger partial charge >= 0.3 is 5.97 Å². The van der Waals surface area contributed by atoms with Crippen LogP contribution in [-0.4, -0.2) is 42.9 Å². The zero-order valence-corrected chi connectivity index (χ0v) is 15.3. The molecular weight excluding hydrogens is 344 g/mol. The van der Waals surface area contributed by atoms with Crippen LogP contribution in [0.1, 0.15) is 24.0 Å². The summed E-state index contributed by atoms with van der Waals surface area (Å²) < 4.78 is 10.2. The predicted octanol–water partition coefficient (Wildman–Crippen LogP) is 2.81. The van der Waals surface area contributed by atoms with Gasteiger partial charge < -0.3 is 9.47 Å². The van der Waals surface area contributed by atoms with Gasteiger partial charge in [0.1, 0.15) is 5.75 Å². The van der Waals surface area contributed by atoms with E-state index in [4.69, 9.17) is 9.47 Å². The van der Waals surface area contributed by atoms with Crippen LogP contribution in [0.4, 0.5) is 0 Å². The molecule has 3 rings (SSSR count). The van der Waals surface area contributed by atoms with Crippen molar-refractivity contribution in [3.63, 3.8) is 0 Å². The van der Waals surface area contributed by atoms with Crippen LogP contribution in [0.25, 0.3) is 0 Å². The van der Waals surface area contributed by atoms with Crippen molar-refractivity contribution in [2.45, 2.75) is 19.3 Å². The molecule has 0 unspecified atom stereocenters. The molecule has 0 aliphatic carbocycles. The number of carbonyl (C=O) groups is 2. The van der Waals surface area contributed by atoms with Gasteiger partial charge in [0.2, 0.25) is 0 Å². The number of methoxy groups -OCH3 is 1. The number of esters is 1. The topological polar surface area (TPSA) is 68.2 Å². The number of aryl methyl sites for hydroxylation is 1. The smallest absolute Gasteiger partial charge is 0.306 e. The number of ether oxygens (including phenoxy) is 2. The lowest BCUT2D eigenvalue weighted by Crippen LogP contribution is -2.28. The van der Waals surface area contributed by atoms with Crippen molar-refractivity contribution < 1.29 is 19.1 Å². The van der Waals surface area contributed by atoms with Gasteiger partial charge in [-0.1, -0.05) is 42.5 Å². The van der Waals surface area contributed by atoms with E-state index in [1.807, 2.05) is 54.6 Å². The summed E-state index contributed by atoms with van der Waals surface area (Å²) in [5, 5.41) is 5.72. The lowest BCUT2D eigenvalue weighted by molar-refractivity contribution is -0.151. The lowest BCUT2D eigenvalue weighted by Gasteiger charge is -2.11. The Kier molecular flexibility index (Phi) is 6.20. The first-order valence-electron chi connectivity index (χ1n) is 8.87. The van der Waals surface area contributed by atoms with E-state index in [0.717, 1.165) is 22.6 Å². The summed E-state index contributed by atoms with van der Waals surface area (Å²) in [7, 11) is 1.61. The number of hydrazone groups is 1. The van der Waals surface area contributed by atoms with Gasteiger partial charge in [-0.25, -0.2) is 5.01 Å². The molecule has 0 saturated heterocycles. The lowest BCUT2D eigenvalue weighted by atomic mass is 10.1. The van der Waals surface area contributed by atoms with Gasteiger partial charge in [0.15, 0.2) is 6.61 Å². The highest BCUT2D eigenvalue weighted by Gasteiger charge is 2.22. The third-order valence-electron chi connectivity index (χ3n) is 4.33. The average Bonchev–Trinajstić information content (AvgIpc) is 3.22. The van der Waals surface area contributed by atoms with E-state index < -0.39 is 5.97 Å². The van der Waals surface area contributed by atoms with Gasteiger partial charge in [-0.3, -0.25) is 9.59 Å². The second-order valence-corrected chi connectivity index (χ2v) is 6.19. The number of rotatable bonds is 7. The maximum absolute atomic E-state index is 12.2. The van der Waals surface area contributed by atoms with Gasteiger partial charge in [0.05, 0.1) is 19.4 Å². The van der Waals surface area contributed by atoms with E-state index in [1.54, 1.807) is 7.11 Å². The van der Waals surface area contributed by atoms with Crippen molar-refractivity contribution in [2.75, 3.05) is 20.3 Å². The fourth-order valence-corrected chi connectivity index (χ4v) is 2.80. The Balaban J connectivity index is 1.43. The molecule has 6 heteroatoms. The predicted molar refractivity (Wildman–Crippen MR) is 102 cm³/mol. The zero-order valence-electron chi connectivity index (χ0n) is 15.3. The normalized spacial score (nSPS) is 13.2. The molecule has 6 nitrogen and oxygen atoms in total. The Labute approximate surface area is 158 Å². The Bertz CT molecular complexity index is 816. The van der Waals surface area contributed by atoms with E-state index in [0.29, 0.717) is 19.4 Å². The minimum absolute atomic E-state index is 0.220. The average molecular weight is 366 g/mol. The number of amides is 1. The van der Waals surface area contributed by atoms with Gasteiger partial charge in [-0.05, 0) is 29.7 Å². The van der Waals surface area contributed by atoms with Gasteiger partial charge in [-0.15, -0.1) is 0 Å². The molecule has 1 aliphatic rings. The summed E-state index contributed by atoms with van der Waals surface area (Å²) in [6.07, 6.45) is 1.47. The Hall–Kier alpha value is -3.15. The molecule has 140 valence electrons. The van der Waals surface area contributed by atoms with Crippen molar-refractivity contribution in [1.82, 2.24) is 5.01 Å². The third-order valence-corrected chi connectivity index (χ3v) is 4.33. The second kappa shape index (κ2) is 8.98. The highest BCUT2D eigenvalue weighted by atomic mass is 16.5. The van der Waals surface area contributed by atoms with Crippen LogP contribution in [0.3, 0.4) is 0 Å². The first-order valence-corrected chi connectivity index (χ1v) is 8.87. The summed E-state index contributed by atoms with van der Waals surface area (Å²) >= 11 is 0. The van der Waals surface area contributed by atoms with Crippen LogP contribution in [0.15, 0.2) is 59.7 Å². The molecule has 1 aliphatic heterocycles. The fourth-order valence-electron chi connectivity index (χ4n) is 2.80. The molecule has 1 heterocycles. The summed E-state index contributed by atoms with van der Waals surface area (Å²) in [6, 6.07) is 17.2. The van der Waals surface area contributed by atoms with Crippen molar-refractivity contribution in [2.24, 2.45) is 5.10 Å². The minimum Gasteiger partial charge on any atom is -0.497 e. The van der Waals surface area contributed by atoms with Crippen molar-refractivity contribution in [3.05, 3.63) is 65.7 Å². The van der Waals surface area contributed by atoms with Crippen molar-refractivity contribution >= 4 is 17.6 Å². The highest BCUT2D eigenvalue weighted by Crippen LogP contribution is 2.14. The van der Waals surface area contributed by atoms with Crippen LogP contribution >= 0.6 is 0 Å². The number of nitrogens with zero attached hydrogens (tertiary/aromatic N) is 2. The molecule has 2 aromatic rings. The van der Waals surface area contributed by atoms with E-state index in [-0.39, 0.29) is 18.9 Å². The molecule has 2 aromatic carbocycles. The van der Waals surface area contributed by atoms with E-state index >= 15 is 0 Å². The van der Waals surface area contributed by atoms with Crippen LogP contribution in [0, 0.1) is 0 Å². The molecule has 0 spiro atoms. The van der Waals surface area contributed by atoms with Crippen LogP contribution in [-0.2, 0) is 20.7 Å². The molecule has 0 aromatic heterocycles. The fraction of sp³-hybridized carbons (Fsp3) is 0.286. The third kappa shape index (κ3) is 5.17. The summed E-state index contributed by atoms with van der Waals surface area (Å²) in [6.45, 7) is 0.222. The SMILES string of the molecule is COc1ccc(CCC(=O)OCC(=O)N2CCC(c3ccccc3)=N2)cc1. The molecule has 0 bridgehead atoms. The van der Waals surface area contributed by atoms with Crippen LogP contribution in [0.5, 0.6) is 5.75 Å². The molecule has 0 atom stereocenters. The summed E-state index contributed by atoms with van der Waals surface area (Å²) in [5.41, 5.74) is 2.88. The van der Waals surface area contributed by atoms with Crippen LogP contribution in [0.2, 0.25) is 0 Å². The van der Waals surface area contributed by atoms with E-state index in [1.165, 1.54) is 5.01 Å². The van der Waals surface area contributed by atoms with Gasteiger partial charge in [-0.2, -0.15) is 5.10 Å². The Morgan fingerprint density at radius 1 is 1.07 bits per heavy atom. The monoisotopic (exact) mass is 366 g/mol. The molecule has 0 radical (unpaired) electrons. The minimum atomic E-state index is -0.398. The molecule has 1 amide bonds. The maximum Gasteiger partial charge on any atom is 0.306 e. The van der Waals surface area contributed by atoms with Gasteiger partial charge in [0.25, 0.3) is 5.91 Å². The second-order valence-electron chi connectivity index (χ2n) is 6.19. The Morgan fingerprint density at radius 2 is 1.81 bits per heavy atom. The molecule has 0 N–H and O–H groups in total. The summed E-state index contributed by atoms with van der Waals surface area (Å²) in [5.74, 6) is 0.0670. The van der Waals surface area contributed by atoms with Gasteiger partial charge in [0, 0.05) is 12.8 Å². The number of hydrogen-bond donors (Lipinski definition) is 0. The van der Waals surface area contributed by atoms with Crippen molar-refractivity contribution in [1.29, 1.82) is 0 Å². The first-order chi connectivity index (χ1) is 13.2. The van der Waals surface area contributed by atoms with Crippen LogP contribution < -0.4 is 4.74 Å². The van der Waals surface area contributed by atoms with E-state index in [9.17, 15) is 9.59 Å². The molecular formula is C21H22N2O4. The van der Waals surface area contributed by atoms with Crippen molar-refractivity contribution in [3.8, 4) is 5.75 Å².